The number of hydrogen-bond donors (Lipinski definition) is 19. The third kappa shape index (κ3) is 23.1. The van der Waals surface area contributed by atoms with E-state index in [9.17, 15) is 72.5 Å². The van der Waals surface area contributed by atoms with Crippen LogP contribution in [0, 0.1) is 5.92 Å². The molecule has 25 N–H and O–H groups in total. The van der Waals surface area contributed by atoms with Crippen LogP contribution in [0.3, 0.4) is 0 Å². The number of carboxylic acid groups (broad SMARTS) is 1. The number of fused-ring (bicyclic) bond motifs is 10. The fraction of sp³-hybridized carbons (Fsp3) is 0.582. The molecule has 92 heavy (non-hydrogen) atoms. The van der Waals surface area contributed by atoms with Crippen molar-refractivity contribution in [1.82, 2.24) is 63.1 Å². The van der Waals surface area contributed by atoms with E-state index in [1.807, 2.05) is 6.07 Å². The summed E-state index contributed by atoms with van der Waals surface area (Å²) in [6, 6.07) is -8.54. The van der Waals surface area contributed by atoms with Crippen molar-refractivity contribution in [3.8, 4) is 0 Å². The van der Waals surface area contributed by atoms with Crippen LogP contribution in [-0.2, 0) is 68.7 Å². The van der Waals surface area contributed by atoms with Gasteiger partial charge >= 0.3 is 5.97 Å². The third-order valence-corrected chi connectivity index (χ3v) is 17.5. The number of rotatable bonds is 16. The van der Waals surface area contributed by atoms with Crippen molar-refractivity contribution in [2.24, 2.45) is 50.3 Å². The van der Waals surface area contributed by atoms with Crippen LogP contribution >= 0.6 is 21.6 Å². The van der Waals surface area contributed by atoms with Crippen molar-refractivity contribution in [1.29, 1.82) is 0 Å². The minimum absolute atomic E-state index is 0.0103. The molecule has 0 spiro atoms. The number of para-hydroxylation sites is 1. The maximum atomic E-state index is 14.7. The van der Waals surface area contributed by atoms with Gasteiger partial charge in [-0.15, -0.1) is 0 Å². The third-order valence-electron chi connectivity index (χ3n) is 15.1. The van der Waals surface area contributed by atoms with Gasteiger partial charge in [0.05, 0.1) is 19.6 Å². The molecule has 0 aliphatic carbocycles. The van der Waals surface area contributed by atoms with E-state index in [-0.39, 0.29) is 107 Å². The monoisotopic (exact) mass is 1330 g/mol. The van der Waals surface area contributed by atoms with Gasteiger partial charge in [0.25, 0.3) is 0 Å². The number of guanidine groups is 2. The number of carbonyl (C=O) groups excluding carboxylic acids is 12. The lowest BCUT2D eigenvalue weighted by molar-refractivity contribution is -0.146. The van der Waals surface area contributed by atoms with Crippen molar-refractivity contribution < 1.29 is 72.5 Å². The Kier molecular flexibility index (Phi) is 29.0. The summed E-state index contributed by atoms with van der Waals surface area (Å²) in [5, 5.41) is 46.6. The molecular weight excluding hydrogens is 1240 g/mol. The van der Waals surface area contributed by atoms with Crippen LogP contribution in [0.1, 0.15) is 83.7 Å². The molecule has 0 radical (unpaired) electrons. The predicted octanol–water partition coefficient (Wildman–Crippen LogP) is -7.20. The largest absolute Gasteiger partial charge is 0.481 e. The SMILES string of the molecule is CC1CC[C@@H]2NC(=O)[C@@H](NC(=O)CN)CSSC[C@H](NC(=O)[C@H](CCCN=C(N)N)NC(=O)C3CCCN3C(=O)[C@H](CC(=O)O)NC(=O)[C@H](CO)NC2=O)C(=O)N[C@@H](C)C(=O)N[C@@H](Cc2cc3ccccc3[nH]2)C(=O)N[C@@H](CCCN=C(N)N)C(=O)N[C@H](C(N)=O)C1. The fourth-order valence-electron chi connectivity index (χ4n) is 10.2. The fourth-order valence-corrected chi connectivity index (χ4v) is 12.5. The second-order valence-electron chi connectivity index (χ2n) is 22.4. The maximum absolute atomic E-state index is 14.7. The molecule has 35 nitrogen and oxygen atoms in total. The lowest BCUT2D eigenvalue weighted by atomic mass is 9.93. The summed E-state index contributed by atoms with van der Waals surface area (Å²) in [7, 11) is 1.79. The van der Waals surface area contributed by atoms with Gasteiger partial charge in [-0.05, 0) is 88.1 Å². The molecule has 2 aromatic rings. The number of benzene rings is 1. The Labute approximate surface area is 536 Å². The lowest BCUT2D eigenvalue weighted by Gasteiger charge is -2.30. The van der Waals surface area contributed by atoms with Crippen LogP contribution in [0.15, 0.2) is 40.3 Å². The van der Waals surface area contributed by atoms with Gasteiger partial charge in [-0.1, -0.05) is 46.7 Å². The van der Waals surface area contributed by atoms with Crippen LogP contribution in [-0.4, -0.2) is 220 Å². The molecule has 3 aliphatic heterocycles. The molecule has 0 saturated carbocycles. The number of H-pyrrole nitrogens is 1. The molecule has 2 bridgehead atoms. The average Bonchev–Trinajstić information content (AvgIpc) is 2.72. The molecule has 506 valence electrons. The minimum atomic E-state index is -1.93. The van der Waals surface area contributed by atoms with Crippen molar-refractivity contribution in [2.75, 3.05) is 44.3 Å². The van der Waals surface area contributed by atoms with Gasteiger partial charge in [0, 0.05) is 48.8 Å². The molecule has 1 aromatic heterocycles. The van der Waals surface area contributed by atoms with E-state index in [1.54, 1.807) is 31.2 Å². The number of carbonyl (C=O) groups is 13. The van der Waals surface area contributed by atoms with Crippen LogP contribution in [0.4, 0.5) is 0 Å². The first-order chi connectivity index (χ1) is 43.7. The Bertz CT molecular complexity index is 3040. The molecule has 1 aromatic carbocycles. The van der Waals surface area contributed by atoms with E-state index in [0.29, 0.717) is 11.2 Å². The summed E-state index contributed by atoms with van der Waals surface area (Å²) in [5.41, 5.74) is 34.9. The number of aliphatic hydroxyl groups excluding tert-OH is 1. The number of nitrogens with one attached hydrogen (secondary N) is 11. The van der Waals surface area contributed by atoms with Crippen LogP contribution < -0.4 is 87.6 Å². The summed E-state index contributed by atoms with van der Waals surface area (Å²) in [6.45, 7) is 0.911. The van der Waals surface area contributed by atoms with Gasteiger partial charge in [-0.3, -0.25) is 72.3 Å². The summed E-state index contributed by atoms with van der Waals surface area (Å²) >= 11 is 0. The zero-order valence-electron chi connectivity index (χ0n) is 50.9. The summed E-state index contributed by atoms with van der Waals surface area (Å²) in [4.78, 5) is 195. The van der Waals surface area contributed by atoms with E-state index in [2.05, 4.69) is 68.1 Å². The number of aromatic nitrogens is 1. The number of amides is 12. The highest BCUT2D eigenvalue weighted by Gasteiger charge is 2.42. The minimum Gasteiger partial charge on any atom is -0.481 e. The second-order valence-corrected chi connectivity index (χ2v) is 24.9. The number of nitrogens with zero attached hydrogens (tertiary/aromatic N) is 3. The van der Waals surface area contributed by atoms with E-state index < -0.39 is 169 Å². The molecular formula is C55H84N20O15S2. The van der Waals surface area contributed by atoms with Crippen LogP contribution in [0.2, 0.25) is 0 Å². The molecule has 4 heterocycles. The second kappa shape index (κ2) is 36.2. The lowest BCUT2D eigenvalue weighted by Crippen LogP contribution is -2.61. The van der Waals surface area contributed by atoms with E-state index >= 15 is 0 Å². The number of aliphatic carboxylic acids is 1. The Morgan fingerprint density at radius 2 is 1.21 bits per heavy atom. The quantitative estimate of drug-likeness (QED) is 0.0321. The van der Waals surface area contributed by atoms with Gasteiger partial charge in [-0.2, -0.15) is 0 Å². The number of carboxylic acids is 1. The molecule has 12 amide bonds. The Morgan fingerprint density at radius 1 is 0.641 bits per heavy atom. The number of aromatic amines is 1. The van der Waals surface area contributed by atoms with Gasteiger partial charge in [0.1, 0.15) is 66.5 Å². The summed E-state index contributed by atoms with van der Waals surface area (Å²) in [5.74, 6) is -15.5. The molecule has 3 saturated heterocycles. The van der Waals surface area contributed by atoms with Crippen molar-refractivity contribution in [3.63, 3.8) is 0 Å². The highest BCUT2D eigenvalue weighted by molar-refractivity contribution is 8.76. The number of nitrogens with two attached hydrogens (primary N) is 6. The zero-order valence-corrected chi connectivity index (χ0v) is 52.5. The number of aliphatic hydroxyl groups is 1. The summed E-state index contributed by atoms with van der Waals surface area (Å²) in [6.07, 6.45) is -1.93. The smallest absolute Gasteiger partial charge is 0.305 e. The first-order valence-electron chi connectivity index (χ1n) is 29.7. The Morgan fingerprint density at radius 3 is 1.83 bits per heavy atom. The van der Waals surface area contributed by atoms with Gasteiger partial charge < -0.3 is 108 Å². The predicted molar refractivity (Wildman–Crippen MR) is 337 cm³/mol. The Hall–Kier alpha value is -8.97. The molecule has 37 heteroatoms. The van der Waals surface area contributed by atoms with E-state index in [4.69, 9.17) is 34.4 Å². The van der Waals surface area contributed by atoms with Gasteiger partial charge in [0.2, 0.25) is 70.9 Å². The Balaban J connectivity index is 1.67. The van der Waals surface area contributed by atoms with Crippen LogP contribution in [0.5, 0.6) is 0 Å². The van der Waals surface area contributed by atoms with Gasteiger partial charge in [-0.25, -0.2) is 0 Å². The summed E-state index contributed by atoms with van der Waals surface area (Å²) < 4.78 is 0. The maximum Gasteiger partial charge on any atom is 0.305 e. The van der Waals surface area contributed by atoms with Crippen LogP contribution in [0.25, 0.3) is 10.9 Å². The molecule has 3 aliphatic rings. The zero-order chi connectivity index (χ0) is 67.8. The first-order valence-corrected chi connectivity index (χ1v) is 32.2. The molecule has 3 fully saturated rings. The van der Waals surface area contributed by atoms with Crippen molar-refractivity contribution >= 4 is 121 Å². The van der Waals surface area contributed by atoms with Gasteiger partial charge in [0.15, 0.2) is 11.9 Å². The van der Waals surface area contributed by atoms with Crippen molar-refractivity contribution in [3.05, 3.63) is 36.0 Å². The van der Waals surface area contributed by atoms with E-state index in [0.717, 1.165) is 31.9 Å². The number of primary amides is 1. The number of aliphatic imine (C=N–C) groups is 2. The standard InChI is InChI=1S/C55H84N20O15S2/c1-26-13-14-33-47(84)73-37(23-76)49(86)72-36(21-42(78)79)53(90)75-17-7-12-40(75)52(89)69-32(11-6-16-63-55(60)61)46(83)74-39(25-92-91-24-38(51(88)68-33)66-41(77)22-56)50(87)64-27(2)44(81)71-35(20-29-19-28-8-3-4-9-30(28)65-29)48(85)67-31(10-5-15-62-54(58)59)45(82)70-34(18-26)43(57)80/h3-4,8-9,19,26-27,31-40,65,76H,5-7,10-18,20-25,56H2,1-2H3,(H2,57,80)(H,64,87)(H,66,77)(H,67,85)(H,68,88)(H,69,89)(H,70,82)(H,71,81)(H,72,86)(H,73,84)(H,74,83)(H,78,79)(H4,58,59,62)(H4,60,61,63)/t26?,27-,31-,32-,33-,34-,35-,36-,37-,38-,39-,40?/m0/s1. The molecule has 2 unspecified atom stereocenters. The molecule has 12 atom stereocenters. The number of hydrogen-bond acceptors (Lipinski definition) is 19. The highest BCUT2D eigenvalue weighted by Crippen LogP contribution is 2.25. The van der Waals surface area contributed by atoms with E-state index in [1.165, 1.54) is 6.92 Å². The normalized spacial score (nSPS) is 26.8. The highest BCUT2D eigenvalue weighted by atomic mass is 33.1. The van der Waals surface area contributed by atoms with Crippen molar-refractivity contribution in [2.45, 2.75) is 151 Å². The molecule has 5 rings (SSSR count). The first kappa shape index (κ1) is 73.8. The topological polar surface area (TPSA) is 583 Å². The average molecular weight is 1330 g/mol.